The molecule has 134 valence electrons. The van der Waals surface area contributed by atoms with E-state index in [1.165, 1.54) is 32.7 Å². The van der Waals surface area contributed by atoms with Crippen LogP contribution in [0.4, 0.5) is 0 Å². The first kappa shape index (κ1) is 18.6. The summed E-state index contributed by atoms with van der Waals surface area (Å²) in [5, 5.41) is 13.6. The molecule has 0 saturated carbocycles. The quantitative estimate of drug-likeness (QED) is 0.747. The number of amides is 1. The number of hydrogen-bond donors (Lipinski definition) is 2. The normalized spacial score (nSPS) is 11.5. The number of aliphatic carboxylic acids is 1. The molecule has 8 heteroatoms. The number of rotatable bonds is 8. The standard InChI is InChI=1S/C17H19NO6S/c1-22-10-4-5-12(14(6-10)24-3)13(8-16(19)20)18-17(21)15-7-11(23-2)9-25-15/h4-7,9,13H,8H2,1-3H3,(H,18,21)(H,19,20). The number of carbonyl (C=O) groups is 2. The topological polar surface area (TPSA) is 94.1 Å². The van der Waals surface area contributed by atoms with Gasteiger partial charge in [0.2, 0.25) is 0 Å². The average molecular weight is 365 g/mol. The molecule has 1 amide bonds. The summed E-state index contributed by atoms with van der Waals surface area (Å²) in [5.74, 6) is 0.176. The first-order chi connectivity index (χ1) is 12.0. The lowest BCUT2D eigenvalue weighted by Gasteiger charge is -2.20. The Balaban J connectivity index is 2.29. The SMILES string of the molecule is COc1csc(C(=O)NC(CC(=O)O)c2ccc(OC)cc2OC)c1. The van der Waals surface area contributed by atoms with Gasteiger partial charge in [-0.1, -0.05) is 0 Å². The van der Waals surface area contributed by atoms with E-state index < -0.39 is 12.0 Å². The Morgan fingerprint density at radius 2 is 1.84 bits per heavy atom. The van der Waals surface area contributed by atoms with Crippen LogP contribution in [0.15, 0.2) is 29.6 Å². The van der Waals surface area contributed by atoms with Crippen molar-refractivity contribution in [3.63, 3.8) is 0 Å². The van der Waals surface area contributed by atoms with Crippen molar-refractivity contribution >= 4 is 23.2 Å². The summed E-state index contributed by atoms with van der Waals surface area (Å²) in [4.78, 5) is 24.1. The van der Waals surface area contributed by atoms with Crippen LogP contribution < -0.4 is 19.5 Å². The Kier molecular flexibility index (Phi) is 6.24. The molecule has 0 bridgehead atoms. The maximum atomic E-state index is 12.4. The molecule has 1 aromatic carbocycles. The van der Waals surface area contributed by atoms with Crippen LogP contribution in [0, 0.1) is 0 Å². The van der Waals surface area contributed by atoms with Gasteiger partial charge in [0.25, 0.3) is 5.91 Å². The number of hydrogen-bond acceptors (Lipinski definition) is 6. The van der Waals surface area contributed by atoms with Crippen LogP contribution in [-0.2, 0) is 4.79 Å². The molecule has 0 aliphatic heterocycles. The van der Waals surface area contributed by atoms with E-state index >= 15 is 0 Å². The number of carboxylic acids is 1. The van der Waals surface area contributed by atoms with Gasteiger partial charge in [-0.25, -0.2) is 0 Å². The number of methoxy groups -OCH3 is 3. The first-order valence-electron chi connectivity index (χ1n) is 7.35. The lowest BCUT2D eigenvalue weighted by atomic mass is 10.0. The molecule has 0 spiro atoms. The zero-order chi connectivity index (χ0) is 18.4. The predicted octanol–water partition coefficient (Wildman–Crippen LogP) is 2.72. The van der Waals surface area contributed by atoms with E-state index in [1.54, 1.807) is 29.6 Å². The molecular formula is C17H19NO6S. The smallest absolute Gasteiger partial charge is 0.305 e. The van der Waals surface area contributed by atoms with Crippen molar-refractivity contribution in [2.75, 3.05) is 21.3 Å². The van der Waals surface area contributed by atoms with E-state index in [2.05, 4.69) is 5.32 Å². The van der Waals surface area contributed by atoms with Gasteiger partial charge in [-0.05, 0) is 12.1 Å². The Morgan fingerprint density at radius 3 is 2.40 bits per heavy atom. The summed E-state index contributed by atoms with van der Waals surface area (Å²) in [7, 11) is 4.51. The average Bonchev–Trinajstić information content (AvgIpc) is 3.09. The largest absolute Gasteiger partial charge is 0.497 e. The minimum absolute atomic E-state index is 0.281. The highest BCUT2D eigenvalue weighted by molar-refractivity contribution is 7.12. The second-order valence-corrected chi connectivity index (χ2v) is 5.99. The number of ether oxygens (including phenoxy) is 3. The molecule has 1 aromatic heterocycles. The Bertz CT molecular complexity index is 757. The molecule has 25 heavy (non-hydrogen) atoms. The molecule has 1 atom stereocenters. The van der Waals surface area contributed by atoms with Crippen molar-refractivity contribution in [1.29, 1.82) is 0 Å². The fourth-order valence-electron chi connectivity index (χ4n) is 2.29. The van der Waals surface area contributed by atoms with Crippen LogP contribution in [-0.4, -0.2) is 38.3 Å². The van der Waals surface area contributed by atoms with Gasteiger partial charge in [0, 0.05) is 23.1 Å². The molecule has 2 N–H and O–H groups in total. The Morgan fingerprint density at radius 1 is 1.12 bits per heavy atom. The van der Waals surface area contributed by atoms with Gasteiger partial charge in [-0.2, -0.15) is 0 Å². The minimum atomic E-state index is -1.04. The van der Waals surface area contributed by atoms with Gasteiger partial charge < -0.3 is 24.6 Å². The highest BCUT2D eigenvalue weighted by atomic mass is 32.1. The van der Waals surface area contributed by atoms with Crippen molar-refractivity contribution < 1.29 is 28.9 Å². The third kappa shape index (κ3) is 4.63. The van der Waals surface area contributed by atoms with Crippen molar-refractivity contribution in [3.05, 3.63) is 40.1 Å². The summed E-state index contributed by atoms with van der Waals surface area (Å²) in [5.41, 5.74) is 0.558. The number of nitrogens with one attached hydrogen (secondary N) is 1. The van der Waals surface area contributed by atoms with Gasteiger partial charge in [-0.3, -0.25) is 9.59 Å². The predicted molar refractivity (Wildman–Crippen MR) is 92.9 cm³/mol. The molecule has 2 rings (SSSR count). The van der Waals surface area contributed by atoms with E-state index in [1.807, 2.05) is 0 Å². The summed E-state index contributed by atoms with van der Waals surface area (Å²) in [6, 6.07) is 5.86. The Hall–Kier alpha value is -2.74. The van der Waals surface area contributed by atoms with Crippen molar-refractivity contribution in [2.45, 2.75) is 12.5 Å². The number of carboxylic acid groups (broad SMARTS) is 1. The lowest BCUT2D eigenvalue weighted by molar-refractivity contribution is -0.137. The van der Waals surface area contributed by atoms with Crippen molar-refractivity contribution in [1.82, 2.24) is 5.32 Å². The van der Waals surface area contributed by atoms with Gasteiger partial charge in [0.15, 0.2) is 0 Å². The highest BCUT2D eigenvalue weighted by Gasteiger charge is 2.23. The van der Waals surface area contributed by atoms with Gasteiger partial charge >= 0.3 is 5.97 Å². The van der Waals surface area contributed by atoms with Crippen molar-refractivity contribution in [3.8, 4) is 17.2 Å². The molecule has 0 fully saturated rings. The lowest BCUT2D eigenvalue weighted by Crippen LogP contribution is -2.30. The van der Waals surface area contributed by atoms with Gasteiger partial charge in [0.05, 0.1) is 38.7 Å². The summed E-state index contributed by atoms with van der Waals surface area (Å²) in [6.45, 7) is 0. The van der Waals surface area contributed by atoms with E-state index in [0.717, 1.165) is 0 Å². The molecule has 0 saturated heterocycles. The summed E-state index contributed by atoms with van der Waals surface area (Å²) in [6.07, 6.45) is -0.281. The Labute approximate surface area is 149 Å². The summed E-state index contributed by atoms with van der Waals surface area (Å²) >= 11 is 1.22. The van der Waals surface area contributed by atoms with E-state index in [4.69, 9.17) is 14.2 Å². The van der Waals surface area contributed by atoms with Gasteiger partial charge in [-0.15, -0.1) is 11.3 Å². The van der Waals surface area contributed by atoms with Crippen LogP contribution in [0.2, 0.25) is 0 Å². The van der Waals surface area contributed by atoms with Crippen LogP contribution >= 0.6 is 11.3 Å². The second-order valence-electron chi connectivity index (χ2n) is 5.08. The van der Waals surface area contributed by atoms with E-state index in [9.17, 15) is 14.7 Å². The van der Waals surface area contributed by atoms with Crippen LogP contribution in [0.1, 0.15) is 27.7 Å². The number of thiophene rings is 1. The highest BCUT2D eigenvalue weighted by Crippen LogP contribution is 2.32. The van der Waals surface area contributed by atoms with Crippen LogP contribution in [0.25, 0.3) is 0 Å². The third-order valence-electron chi connectivity index (χ3n) is 3.54. The second kappa shape index (κ2) is 8.39. The molecule has 0 aliphatic carbocycles. The molecule has 0 aliphatic rings. The molecule has 2 aromatic rings. The zero-order valence-electron chi connectivity index (χ0n) is 14.1. The first-order valence-corrected chi connectivity index (χ1v) is 8.23. The fourth-order valence-corrected chi connectivity index (χ4v) is 3.05. The minimum Gasteiger partial charge on any atom is -0.497 e. The van der Waals surface area contributed by atoms with Crippen LogP contribution in [0.3, 0.4) is 0 Å². The maximum absolute atomic E-state index is 12.4. The molecular weight excluding hydrogens is 346 g/mol. The number of carbonyl (C=O) groups excluding carboxylic acids is 1. The van der Waals surface area contributed by atoms with Crippen molar-refractivity contribution in [2.24, 2.45) is 0 Å². The number of benzene rings is 1. The third-order valence-corrected chi connectivity index (χ3v) is 4.44. The zero-order valence-corrected chi connectivity index (χ0v) is 14.9. The molecule has 0 radical (unpaired) electrons. The molecule has 1 heterocycles. The monoisotopic (exact) mass is 365 g/mol. The van der Waals surface area contributed by atoms with E-state index in [0.29, 0.717) is 27.7 Å². The van der Waals surface area contributed by atoms with Crippen LogP contribution in [0.5, 0.6) is 17.2 Å². The van der Waals surface area contributed by atoms with Gasteiger partial charge in [0.1, 0.15) is 17.2 Å². The fraction of sp³-hybridized carbons (Fsp3) is 0.294. The maximum Gasteiger partial charge on any atom is 0.305 e. The summed E-state index contributed by atoms with van der Waals surface area (Å²) < 4.78 is 15.5. The molecule has 7 nitrogen and oxygen atoms in total. The molecule has 1 unspecified atom stereocenters. The van der Waals surface area contributed by atoms with E-state index in [-0.39, 0.29) is 12.3 Å².